The highest BCUT2D eigenvalue weighted by Gasteiger charge is 2.27. The number of aromatic amines is 1. The molecule has 0 atom stereocenters. The molecule has 0 spiro atoms. The monoisotopic (exact) mass is 469 g/mol. The second kappa shape index (κ2) is 10.8. The first-order valence-electron chi connectivity index (χ1n) is 9.63. The maximum absolute atomic E-state index is 4.74. The molecule has 26 heavy (non-hydrogen) atoms. The topological polar surface area (TPSA) is 55.5 Å². The van der Waals surface area contributed by atoms with Crippen LogP contribution in [0, 0.1) is 0 Å². The summed E-state index contributed by atoms with van der Waals surface area (Å²) >= 11 is 0. The van der Waals surface area contributed by atoms with Crippen molar-refractivity contribution in [3.63, 3.8) is 0 Å². The number of fused-ring (bicyclic) bond motifs is 1. The molecule has 3 rings (SSSR count). The van der Waals surface area contributed by atoms with E-state index in [0.717, 1.165) is 51.1 Å². The highest BCUT2D eigenvalue weighted by Crippen LogP contribution is 2.25. The average Bonchev–Trinajstić information content (AvgIpc) is 3.39. The molecule has 144 valence electrons. The van der Waals surface area contributed by atoms with E-state index in [1.807, 2.05) is 0 Å². The van der Waals surface area contributed by atoms with E-state index in [1.165, 1.54) is 29.3 Å². The Labute approximate surface area is 174 Å². The molecule has 1 aliphatic rings. The van der Waals surface area contributed by atoms with Crippen molar-refractivity contribution in [2.45, 2.75) is 39.2 Å². The summed E-state index contributed by atoms with van der Waals surface area (Å²) in [5.74, 6) is 0.925. The first kappa shape index (κ1) is 21.0. The minimum Gasteiger partial charge on any atom is -0.361 e. The lowest BCUT2D eigenvalue weighted by Crippen LogP contribution is -2.39. The van der Waals surface area contributed by atoms with Crippen molar-refractivity contribution in [3.05, 3.63) is 36.0 Å². The quantitative estimate of drug-likeness (QED) is 0.300. The van der Waals surface area contributed by atoms with Gasteiger partial charge in [-0.2, -0.15) is 0 Å². The molecule has 1 aromatic heterocycles. The van der Waals surface area contributed by atoms with E-state index in [4.69, 9.17) is 4.99 Å². The molecule has 3 N–H and O–H groups in total. The zero-order valence-corrected chi connectivity index (χ0v) is 18.3. The number of rotatable bonds is 9. The number of nitrogens with one attached hydrogen (secondary N) is 3. The predicted molar refractivity (Wildman–Crippen MR) is 122 cm³/mol. The molecule has 0 unspecified atom stereocenters. The van der Waals surface area contributed by atoms with Crippen LogP contribution in [0.2, 0.25) is 0 Å². The first-order chi connectivity index (χ1) is 12.3. The SMILES string of the molecule is CCNC(=NCCN(CC)C1CC1)NCCc1c[nH]c2ccccc12.I. The first-order valence-corrected chi connectivity index (χ1v) is 9.63. The van der Waals surface area contributed by atoms with Gasteiger partial charge in [0, 0.05) is 42.8 Å². The van der Waals surface area contributed by atoms with Gasteiger partial charge in [-0.15, -0.1) is 24.0 Å². The lowest BCUT2D eigenvalue weighted by atomic mass is 10.1. The lowest BCUT2D eigenvalue weighted by molar-refractivity contribution is 0.286. The van der Waals surface area contributed by atoms with Crippen LogP contribution in [-0.4, -0.2) is 54.6 Å². The second-order valence-electron chi connectivity index (χ2n) is 6.66. The van der Waals surface area contributed by atoms with Crippen LogP contribution in [0.15, 0.2) is 35.5 Å². The summed E-state index contributed by atoms with van der Waals surface area (Å²) in [6.07, 6.45) is 5.82. The Morgan fingerprint density at radius 2 is 2.04 bits per heavy atom. The van der Waals surface area contributed by atoms with Crippen LogP contribution in [0.5, 0.6) is 0 Å². The summed E-state index contributed by atoms with van der Waals surface area (Å²) in [5, 5.41) is 8.13. The van der Waals surface area contributed by atoms with Gasteiger partial charge in [-0.3, -0.25) is 9.89 Å². The Balaban J connectivity index is 0.00000243. The van der Waals surface area contributed by atoms with Crippen LogP contribution in [-0.2, 0) is 6.42 Å². The van der Waals surface area contributed by atoms with Crippen molar-refractivity contribution in [1.29, 1.82) is 0 Å². The van der Waals surface area contributed by atoms with Crippen LogP contribution in [0.4, 0.5) is 0 Å². The molecule has 1 saturated carbocycles. The maximum Gasteiger partial charge on any atom is 0.191 e. The summed E-state index contributed by atoms with van der Waals surface area (Å²) in [6.45, 7) is 9.16. The van der Waals surface area contributed by atoms with E-state index in [0.29, 0.717) is 0 Å². The van der Waals surface area contributed by atoms with Crippen LogP contribution in [0.1, 0.15) is 32.3 Å². The number of H-pyrrole nitrogens is 1. The molecule has 0 radical (unpaired) electrons. The fourth-order valence-corrected chi connectivity index (χ4v) is 3.32. The minimum absolute atomic E-state index is 0. The smallest absolute Gasteiger partial charge is 0.191 e. The highest BCUT2D eigenvalue weighted by atomic mass is 127. The van der Waals surface area contributed by atoms with Crippen molar-refractivity contribution < 1.29 is 0 Å². The average molecular weight is 469 g/mol. The molecular weight excluding hydrogens is 437 g/mol. The minimum atomic E-state index is 0. The maximum atomic E-state index is 4.74. The van der Waals surface area contributed by atoms with Gasteiger partial charge in [0.05, 0.1) is 6.54 Å². The number of aliphatic imine (C=N–C) groups is 1. The standard InChI is InChI=1S/C20H31N5.HI/c1-3-21-20(23-13-14-25(4-2)17-9-10-17)22-12-11-16-15-24-19-8-6-5-7-18(16)19;/h5-8,15,17,24H,3-4,9-14H2,1-2H3,(H2,21,22,23);1H. The predicted octanol–water partition coefficient (Wildman–Crippen LogP) is 3.37. The number of halogens is 1. The Morgan fingerprint density at radius 1 is 1.23 bits per heavy atom. The number of hydrogen-bond acceptors (Lipinski definition) is 2. The largest absolute Gasteiger partial charge is 0.361 e. The van der Waals surface area contributed by atoms with Crippen molar-refractivity contribution >= 4 is 40.8 Å². The molecule has 0 aliphatic heterocycles. The van der Waals surface area contributed by atoms with E-state index >= 15 is 0 Å². The molecule has 6 heteroatoms. The Bertz CT molecular complexity index is 692. The Kier molecular flexibility index (Phi) is 8.71. The Morgan fingerprint density at radius 3 is 2.77 bits per heavy atom. The van der Waals surface area contributed by atoms with Crippen molar-refractivity contribution in [3.8, 4) is 0 Å². The van der Waals surface area contributed by atoms with E-state index < -0.39 is 0 Å². The number of para-hydroxylation sites is 1. The van der Waals surface area contributed by atoms with Gasteiger partial charge >= 0.3 is 0 Å². The van der Waals surface area contributed by atoms with Crippen molar-refractivity contribution in [2.75, 3.05) is 32.7 Å². The fraction of sp³-hybridized carbons (Fsp3) is 0.550. The van der Waals surface area contributed by atoms with Gasteiger partial charge in [-0.05, 0) is 44.4 Å². The van der Waals surface area contributed by atoms with Gasteiger partial charge in [-0.25, -0.2) is 0 Å². The Hall–Kier alpha value is -1.28. The van der Waals surface area contributed by atoms with Gasteiger partial charge in [0.25, 0.3) is 0 Å². The number of aromatic nitrogens is 1. The van der Waals surface area contributed by atoms with Crippen LogP contribution < -0.4 is 10.6 Å². The van der Waals surface area contributed by atoms with Crippen LogP contribution in [0.3, 0.4) is 0 Å². The summed E-state index contributed by atoms with van der Waals surface area (Å²) in [5.41, 5.74) is 2.56. The number of hydrogen-bond donors (Lipinski definition) is 3. The van der Waals surface area contributed by atoms with Gasteiger partial charge in [-0.1, -0.05) is 25.1 Å². The van der Waals surface area contributed by atoms with Gasteiger partial charge in [0.15, 0.2) is 5.96 Å². The molecule has 0 amide bonds. The number of guanidine groups is 1. The van der Waals surface area contributed by atoms with E-state index in [1.54, 1.807) is 0 Å². The van der Waals surface area contributed by atoms with E-state index in [2.05, 4.69) is 64.8 Å². The van der Waals surface area contributed by atoms with E-state index in [9.17, 15) is 0 Å². The number of nitrogens with zero attached hydrogens (tertiary/aromatic N) is 2. The highest BCUT2D eigenvalue weighted by molar-refractivity contribution is 14.0. The third-order valence-electron chi connectivity index (χ3n) is 4.83. The number of benzene rings is 1. The molecule has 1 aliphatic carbocycles. The zero-order chi connectivity index (χ0) is 17.5. The lowest BCUT2D eigenvalue weighted by Gasteiger charge is -2.18. The molecule has 1 fully saturated rings. The van der Waals surface area contributed by atoms with Crippen molar-refractivity contribution in [1.82, 2.24) is 20.5 Å². The third kappa shape index (κ3) is 5.87. The molecule has 1 aromatic carbocycles. The van der Waals surface area contributed by atoms with E-state index in [-0.39, 0.29) is 24.0 Å². The zero-order valence-electron chi connectivity index (χ0n) is 15.9. The van der Waals surface area contributed by atoms with Crippen LogP contribution in [0.25, 0.3) is 10.9 Å². The van der Waals surface area contributed by atoms with Crippen molar-refractivity contribution in [2.24, 2.45) is 4.99 Å². The number of likely N-dealkylation sites (N-methyl/N-ethyl adjacent to an activating group) is 1. The summed E-state index contributed by atoms with van der Waals surface area (Å²) in [6, 6.07) is 9.28. The summed E-state index contributed by atoms with van der Waals surface area (Å²) < 4.78 is 0. The molecule has 2 aromatic rings. The molecule has 1 heterocycles. The molecule has 0 saturated heterocycles. The fourth-order valence-electron chi connectivity index (χ4n) is 3.32. The summed E-state index contributed by atoms with van der Waals surface area (Å²) in [7, 11) is 0. The molecular formula is C20H32IN5. The van der Waals surface area contributed by atoms with Gasteiger partial charge in [0.2, 0.25) is 0 Å². The molecule has 5 nitrogen and oxygen atoms in total. The van der Waals surface area contributed by atoms with Gasteiger partial charge < -0.3 is 15.6 Å². The normalized spacial score (nSPS) is 14.5. The summed E-state index contributed by atoms with van der Waals surface area (Å²) in [4.78, 5) is 10.6. The molecule has 0 bridgehead atoms. The second-order valence-corrected chi connectivity index (χ2v) is 6.66. The van der Waals surface area contributed by atoms with Crippen LogP contribution >= 0.6 is 24.0 Å². The third-order valence-corrected chi connectivity index (χ3v) is 4.83. The van der Waals surface area contributed by atoms with Gasteiger partial charge in [0.1, 0.15) is 0 Å².